The van der Waals surface area contributed by atoms with E-state index in [-0.39, 0.29) is 22.6 Å². The maximum atomic E-state index is 13.9. The minimum Gasteiger partial charge on any atom is -0.370 e. The molecule has 110 valence electrons. The molecule has 2 aromatic rings. The predicted molar refractivity (Wildman–Crippen MR) is 80.3 cm³/mol. The topological polar surface area (TPSA) is 29.5 Å². The second-order valence-electron chi connectivity index (χ2n) is 4.76. The lowest BCUT2D eigenvalue weighted by molar-refractivity contribution is -0.0227. The third-order valence-corrected chi connectivity index (χ3v) is 4.46. The van der Waals surface area contributed by atoms with E-state index in [4.69, 9.17) is 16.3 Å². The zero-order chi connectivity index (χ0) is 14.8. The van der Waals surface area contributed by atoms with Gasteiger partial charge in [0, 0.05) is 6.54 Å². The number of nitrogens with zero attached hydrogens (tertiary/aromatic N) is 1. The van der Waals surface area contributed by atoms with Crippen LogP contribution in [0.4, 0.5) is 4.39 Å². The van der Waals surface area contributed by atoms with E-state index in [9.17, 15) is 9.18 Å². The summed E-state index contributed by atoms with van der Waals surface area (Å²) in [5.74, 6) is -0.979. The number of thiophene rings is 1. The fraction of sp³-hybridized carbons (Fsp3) is 0.267. The molecule has 0 unspecified atom stereocenters. The molecule has 21 heavy (non-hydrogen) atoms. The lowest BCUT2D eigenvalue weighted by atomic mass is 10.1. The van der Waals surface area contributed by atoms with Gasteiger partial charge in [-0.05, 0) is 34.5 Å². The third kappa shape index (κ3) is 2.95. The Balaban J connectivity index is 1.82. The average Bonchev–Trinajstić information content (AvgIpc) is 3.01. The summed E-state index contributed by atoms with van der Waals surface area (Å²) in [7, 11) is 0. The van der Waals surface area contributed by atoms with E-state index in [0.29, 0.717) is 19.7 Å². The molecule has 1 aromatic heterocycles. The van der Waals surface area contributed by atoms with Crippen LogP contribution in [-0.4, -0.2) is 30.5 Å². The van der Waals surface area contributed by atoms with Crippen LogP contribution >= 0.6 is 22.9 Å². The highest BCUT2D eigenvalue weighted by atomic mass is 35.5. The Bertz CT molecular complexity index is 627. The van der Waals surface area contributed by atoms with Crippen LogP contribution in [0, 0.1) is 5.82 Å². The summed E-state index contributed by atoms with van der Waals surface area (Å²) in [4.78, 5) is 14.1. The van der Waals surface area contributed by atoms with Crippen molar-refractivity contribution in [2.45, 2.75) is 6.10 Å². The standard InChI is InChI=1S/C15H13ClFNO2S/c16-11-2-1-3-12(17)14(11)15(19)18-5-6-20-13(8-18)10-4-7-21-9-10/h1-4,7,9,13H,5-6,8H2/t13-/m1/s1. The maximum Gasteiger partial charge on any atom is 0.258 e. The van der Waals surface area contributed by atoms with Crippen LogP contribution in [0.5, 0.6) is 0 Å². The fourth-order valence-corrected chi connectivity index (χ4v) is 3.30. The largest absolute Gasteiger partial charge is 0.370 e. The van der Waals surface area contributed by atoms with Crippen molar-refractivity contribution in [3.8, 4) is 0 Å². The second-order valence-corrected chi connectivity index (χ2v) is 5.95. The molecule has 1 atom stereocenters. The van der Waals surface area contributed by atoms with Crippen molar-refractivity contribution in [3.05, 3.63) is 57.0 Å². The van der Waals surface area contributed by atoms with Crippen LogP contribution in [0.2, 0.25) is 5.02 Å². The molecule has 1 aliphatic rings. The van der Waals surface area contributed by atoms with Gasteiger partial charge in [-0.3, -0.25) is 4.79 Å². The first-order chi connectivity index (χ1) is 10.2. The maximum absolute atomic E-state index is 13.9. The molecule has 6 heteroatoms. The minimum atomic E-state index is -0.592. The number of rotatable bonds is 2. The van der Waals surface area contributed by atoms with E-state index in [1.165, 1.54) is 18.2 Å². The molecular formula is C15H13ClFNO2S. The molecule has 0 N–H and O–H groups in total. The molecule has 1 aliphatic heterocycles. The van der Waals surface area contributed by atoms with E-state index in [1.54, 1.807) is 16.2 Å². The molecule has 1 aromatic carbocycles. The van der Waals surface area contributed by atoms with Gasteiger partial charge in [-0.15, -0.1) is 0 Å². The van der Waals surface area contributed by atoms with Crippen LogP contribution in [0.25, 0.3) is 0 Å². The molecule has 2 heterocycles. The van der Waals surface area contributed by atoms with Gasteiger partial charge in [0.05, 0.1) is 23.7 Å². The summed E-state index contributed by atoms with van der Waals surface area (Å²) in [5, 5.41) is 4.10. The van der Waals surface area contributed by atoms with Crippen LogP contribution in [0.15, 0.2) is 35.0 Å². The number of halogens is 2. The van der Waals surface area contributed by atoms with Crippen molar-refractivity contribution in [2.75, 3.05) is 19.7 Å². The van der Waals surface area contributed by atoms with E-state index in [1.807, 2.05) is 16.8 Å². The second kappa shape index (κ2) is 6.13. The number of hydrogen-bond acceptors (Lipinski definition) is 3. The minimum absolute atomic E-state index is 0.0647. The lowest BCUT2D eigenvalue weighted by Crippen LogP contribution is -2.42. The summed E-state index contributed by atoms with van der Waals surface area (Å²) >= 11 is 7.54. The monoisotopic (exact) mass is 325 g/mol. The van der Waals surface area contributed by atoms with Gasteiger partial charge >= 0.3 is 0 Å². The van der Waals surface area contributed by atoms with Crippen LogP contribution in [-0.2, 0) is 4.74 Å². The molecule has 0 radical (unpaired) electrons. The van der Waals surface area contributed by atoms with Crippen molar-refractivity contribution in [3.63, 3.8) is 0 Å². The van der Waals surface area contributed by atoms with E-state index < -0.39 is 5.82 Å². The highest BCUT2D eigenvalue weighted by Gasteiger charge is 2.28. The smallest absolute Gasteiger partial charge is 0.258 e. The molecule has 1 fully saturated rings. The molecule has 1 amide bonds. The number of morpholine rings is 1. The molecule has 0 spiro atoms. The van der Waals surface area contributed by atoms with Gasteiger partial charge in [0.25, 0.3) is 5.91 Å². The number of carbonyl (C=O) groups is 1. The van der Waals surface area contributed by atoms with Crippen LogP contribution in [0.1, 0.15) is 22.0 Å². The molecule has 0 bridgehead atoms. The Kier molecular flexibility index (Phi) is 4.24. The van der Waals surface area contributed by atoms with Crippen molar-refractivity contribution in [1.29, 1.82) is 0 Å². The molecule has 3 rings (SSSR count). The number of ether oxygens (including phenoxy) is 1. The summed E-state index contributed by atoms with van der Waals surface area (Å²) in [5.41, 5.74) is 0.974. The quantitative estimate of drug-likeness (QED) is 0.841. The van der Waals surface area contributed by atoms with Gasteiger partial charge < -0.3 is 9.64 Å². The highest BCUT2D eigenvalue weighted by molar-refractivity contribution is 7.07. The summed E-state index contributed by atoms with van der Waals surface area (Å²) < 4.78 is 19.5. The van der Waals surface area contributed by atoms with Gasteiger partial charge in [0.2, 0.25) is 0 Å². The summed E-state index contributed by atoms with van der Waals surface area (Å²) in [6, 6.07) is 6.23. The molecule has 0 aliphatic carbocycles. The van der Waals surface area contributed by atoms with Gasteiger partial charge in [-0.2, -0.15) is 11.3 Å². The van der Waals surface area contributed by atoms with Crippen molar-refractivity contribution in [1.82, 2.24) is 4.90 Å². The SMILES string of the molecule is O=C(c1c(F)cccc1Cl)N1CCO[C@@H](c2ccsc2)C1. The van der Waals surface area contributed by atoms with Crippen LogP contribution < -0.4 is 0 Å². The first-order valence-corrected chi connectivity index (χ1v) is 7.86. The Morgan fingerprint density at radius 2 is 2.29 bits per heavy atom. The predicted octanol–water partition coefficient (Wildman–Crippen LogP) is 3.75. The normalized spacial score (nSPS) is 18.8. The average molecular weight is 326 g/mol. The first-order valence-electron chi connectivity index (χ1n) is 6.54. The highest BCUT2D eigenvalue weighted by Crippen LogP contribution is 2.27. The van der Waals surface area contributed by atoms with Crippen molar-refractivity contribution < 1.29 is 13.9 Å². The van der Waals surface area contributed by atoms with Crippen molar-refractivity contribution >= 4 is 28.8 Å². The summed E-state index contributed by atoms with van der Waals surface area (Å²) in [6.45, 7) is 1.27. The Hall–Kier alpha value is -1.43. The van der Waals surface area contributed by atoms with Gasteiger partial charge in [-0.25, -0.2) is 4.39 Å². The molecule has 0 saturated carbocycles. The Morgan fingerprint density at radius 1 is 1.43 bits per heavy atom. The Morgan fingerprint density at radius 3 is 3.00 bits per heavy atom. The molecule has 1 saturated heterocycles. The number of carbonyl (C=O) groups excluding carboxylic acids is 1. The zero-order valence-corrected chi connectivity index (χ0v) is 12.7. The summed E-state index contributed by atoms with van der Waals surface area (Å²) in [6.07, 6.45) is -0.167. The number of amides is 1. The van der Waals surface area contributed by atoms with Gasteiger partial charge in [0.15, 0.2) is 0 Å². The zero-order valence-electron chi connectivity index (χ0n) is 11.1. The van der Waals surface area contributed by atoms with E-state index >= 15 is 0 Å². The van der Waals surface area contributed by atoms with Gasteiger partial charge in [-0.1, -0.05) is 17.7 Å². The van der Waals surface area contributed by atoms with E-state index in [2.05, 4.69) is 0 Å². The number of hydrogen-bond donors (Lipinski definition) is 0. The Labute approximate surface area is 130 Å². The number of benzene rings is 1. The lowest BCUT2D eigenvalue weighted by Gasteiger charge is -2.33. The third-order valence-electron chi connectivity index (χ3n) is 3.45. The molecular weight excluding hydrogens is 313 g/mol. The van der Waals surface area contributed by atoms with E-state index in [0.717, 1.165) is 5.56 Å². The fourth-order valence-electron chi connectivity index (χ4n) is 2.35. The molecule has 3 nitrogen and oxygen atoms in total. The van der Waals surface area contributed by atoms with Crippen LogP contribution in [0.3, 0.4) is 0 Å². The first kappa shape index (κ1) is 14.5. The van der Waals surface area contributed by atoms with Gasteiger partial charge in [0.1, 0.15) is 11.9 Å². The van der Waals surface area contributed by atoms with Crippen molar-refractivity contribution in [2.24, 2.45) is 0 Å².